The molecule has 5 nitrogen and oxygen atoms in total. The van der Waals surface area contributed by atoms with E-state index in [-0.39, 0.29) is 24.9 Å². The van der Waals surface area contributed by atoms with Gasteiger partial charge in [-0.1, -0.05) is 19.1 Å². The van der Waals surface area contributed by atoms with E-state index in [1.807, 2.05) is 12.1 Å². The Morgan fingerprint density at radius 2 is 1.93 bits per heavy atom. The van der Waals surface area contributed by atoms with Crippen LogP contribution in [-0.4, -0.2) is 36.3 Å². The van der Waals surface area contributed by atoms with E-state index in [2.05, 4.69) is 23.6 Å². The fourth-order valence-corrected chi connectivity index (χ4v) is 3.81. The predicted octanol–water partition coefficient (Wildman–Crippen LogP) is 3.05. The van der Waals surface area contributed by atoms with Crippen LogP contribution in [0.4, 0.5) is 8.78 Å². The van der Waals surface area contributed by atoms with Gasteiger partial charge in [0.15, 0.2) is 0 Å². The van der Waals surface area contributed by atoms with Gasteiger partial charge in [-0.25, -0.2) is 8.78 Å². The molecule has 0 bridgehead atoms. The summed E-state index contributed by atoms with van der Waals surface area (Å²) < 4.78 is 32.8. The summed E-state index contributed by atoms with van der Waals surface area (Å²) in [7, 11) is 0. The predicted molar refractivity (Wildman–Crippen MR) is 110 cm³/mol. The highest BCUT2D eigenvalue weighted by Crippen LogP contribution is 2.33. The Hall–Kier alpha value is -2.51. The summed E-state index contributed by atoms with van der Waals surface area (Å²) in [5.41, 5.74) is 2.63. The molecule has 0 radical (unpaired) electrons. The second-order valence-electron chi connectivity index (χ2n) is 7.68. The summed E-state index contributed by atoms with van der Waals surface area (Å²) in [6.45, 7) is 4.22. The molecule has 0 fully saturated rings. The number of carbonyl (C=O) groups excluding carboxylic acids is 1. The van der Waals surface area contributed by atoms with E-state index in [4.69, 9.17) is 4.74 Å². The molecule has 1 amide bonds. The minimum absolute atomic E-state index is 0.0134. The number of benzene rings is 2. The van der Waals surface area contributed by atoms with Crippen molar-refractivity contribution < 1.29 is 23.4 Å². The highest BCUT2D eigenvalue weighted by atomic mass is 19.1. The SMILES string of the molecule is CCc1ccc2c(c1)C(NC[C@H](O)[C@H](Cc1cc(F)cc(F)c1)NC(C)=O)CCO2. The minimum Gasteiger partial charge on any atom is -0.493 e. The zero-order valence-electron chi connectivity index (χ0n) is 17.3. The van der Waals surface area contributed by atoms with Crippen molar-refractivity contribution in [2.45, 2.75) is 51.3 Å². The maximum Gasteiger partial charge on any atom is 0.217 e. The van der Waals surface area contributed by atoms with Gasteiger partial charge >= 0.3 is 0 Å². The van der Waals surface area contributed by atoms with Gasteiger partial charge in [-0.05, 0) is 42.2 Å². The van der Waals surface area contributed by atoms with Crippen molar-refractivity contribution in [1.29, 1.82) is 0 Å². The Morgan fingerprint density at radius 1 is 1.20 bits per heavy atom. The van der Waals surface area contributed by atoms with Crippen LogP contribution in [0.1, 0.15) is 43.0 Å². The Bertz CT molecular complexity index is 870. The molecule has 0 aromatic heterocycles. The zero-order chi connectivity index (χ0) is 21.7. The third kappa shape index (κ3) is 5.77. The van der Waals surface area contributed by atoms with E-state index < -0.39 is 23.8 Å². The van der Waals surface area contributed by atoms with Crippen LogP contribution in [0.2, 0.25) is 0 Å². The molecule has 3 atom stereocenters. The summed E-state index contributed by atoms with van der Waals surface area (Å²) >= 11 is 0. The summed E-state index contributed by atoms with van der Waals surface area (Å²) in [5.74, 6) is -0.867. The third-order valence-electron chi connectivity index (χ3n) is 5.33. The van der Waals surface area contributed by atoms with Gasteiger partial charge in [0.1, 0.15) is 17.4 Å². The maximum absolute atomic E-state index is 13.5. The molecule has 1 heterocycles. The molecule has 0 saturated carbocycles. The second kappa shape index (κ2) is 10.00. The number of aliphatic hydroxyl groups is 1. The van der Waals surface area contributed by atoms with E-state index in [0.29, 0.717) is 12.2 Å². The van der Waals surface area contributed by atoms with Gasteiger partial charge in [0.2, 0.25) is 5.91 Å². The van der Waals surface area contributed by atoms with Gasteiger partial charge in [-0.3, -0.25) is 4.79 Å². The number of hydrogen-bond acceptors (Lipinski definition) is 4. The fraction of sp³-hybridized carbons (Fsp3) is 0.435. The molecular weight excluding hydrogens is 390 g/mol. The Labute approximate surface area is 175 Å². The van der Waals surface area contributed by atoms with Gasteiger partial charge < -0.3 is 20.5 Å². The Balaban J connectivity index is 1.69. The first-order valence-electron chi connectivity index (χ1n) is 10.2. The quantitative estimate of drug-likeness (QED) is 0.616. The van der Waals surface area contributed by atoms with Crippen molar-refractivity contribution in [3.63, 3.8) is 0 Å². The number of nitrogens with one attached hydrogen (secondary N) is 2. The number of ether oxygens (including phenoxy) is 1. The molecule has 2 aromatic rings. The first-order valence-corrected chi connectivity index (χ1v) is 10.2. The van der Waals surface area contributed by atoms with E-state index in [1.54, 1.807) is 0 Å². The lowest BCUT2D eigenvalue weighted by Gasteiger charge is -2.30. The molecule has 3 N–H and O–H groups in total. The number of halogens is 2. The summed E-state index contributed by atoms with van der Waals surface area (Å²) in [5, 5.41) is 16.8. The Kier molecular flexibility index (Phi) is 7.39. The number of rotatable bonds is 8. The lowest BCUT2D eigenvalue weighted by Crippen LogP contribution is -2.48. The zero-order valence-corrected chi connectivity index (χ0v) is 17.3. The first kappa shape index (κ1) is 22.2. The van der Waals surface area contributed by atoms with E-state index >= 15 is 0 Å². The van der Waals surface area contributed by atoms with Gasteiger partial charge in [-0.2, -0.15) is 0 Å². The lowest BCUT2D eigenvalue weighted by molar-refractivity contribution is -0.120. The molecule has 1 aliphatic heterocycles. The Morgan fingerprint density at radius 3 is 2.60 bits per heavy atom. The average Bonchev–Trinajstić information content (AvgIpc) is 2.70. The van der Waals surface area contributed by atoms with Crippen LogP contribution < -0.4 is 15.4 Å². The molecule has 162 valence electrons. The number of amides is 1. The van der Waals surface area contributed by atoms with Crippen LogP contribution >= 0.6 is 0 Å². The van der Waals surface area contributed by atoms with Gasteiger partial charge in [-0.15, -0.1) is 0 Å². The molecule has 2 aromatic carbocycles. The molecule has 0 saturated heterocycles. The smallest absolute Gasteiger partial charge is 0.217 e. The molecule has 30 heavy (non-hydrogen) atoms. The molecule has 0 aliphatic carbocycles. The number of hydrogen-bond donors (Lipinski definition) is 3. The standard InChI is InChI=1S/C23H28F2N2O3/c1-3-15-4-5-23-19(10-15)20(6-7-30-23)26-13-22(29)21(27-14(2)28)11-16-8-17(24)12-18(25)9-16/h4-5,8-10,12,20-22,26,29H,3,6-7,11,13H2,1-2H3,(H,27,28)/t20?,21-,22-/m0/s1. The van der Waals surface area contributed by atoms with Crippen molar-refractivity contribution in [3.05, 3.63) is 64.7 Å². The van der Waals surface area contributed by atoms with Crippen molar-refractivity contribution >= 4 is 5.91 Å². The van der Waals surface area contributed by atoms with Gasteiger partial charge in [0.05, 0.1) is 18.8 Å². The molecule has 7 heteroatoms. The number of aryl methyl sites for hydroxylation is 1. The average molecular weight is 418 g/mol. The van der Waals surface area contributed by atoms with Crippen LogP contribution in [0.5, 0.6) is 5.75 Å². The molecule has 0 spiro atoms. The molecule has 3 rings (SSSR count). The van der Waals surface area contributed by atoms with Crippen LogP contribution in [-0.2, 0) is 17.6 Å². The van der Waals surface area contributed by atoms with Crippen molar-refractivity contribution in [2.24, 2.45) is 0 Å². The van der Waals surface area contributed by atoms with Gasteiger partial charge in [0, 0.05) is 37.6 Å². The second-order valence-corrected chi connectivity index (χ2v) is 7.68. The highest BCUT2D eigenvalue weighted by Gasteiger charge is 2.25. The third-order valence-corrected chi connectivity index (χ3v) is 5.33. The van der Waals surface area contributed by atoms with Crippen molar-refractivity contribution in [3.8, 4) is 5.75 Å². The minimum atomic E-state index is -0.944. The fourth-order valence-electron chi connectivity index (χ4n) is 3.81. The normalized spacial score (nSPS) is 17.6. The topological polar surface area (TPSA) is 70.6 Å². The van der Waals surface area contributed by atoms with E-state index in [9.17, 15) is 18.7 Å². The van der Waals surface area contributed by atoms with Crippen LogP contribution in [0, 0.1) is 11.6 Å². The summed E-state index contributed by atoms with van der Waals surface area (Å²) in [4.78, 5) is 11.6. The van der Waals surface area contributed by atoms with Crippen molar-refractivity contribution in [1.82, 2.24) is 10.6 Å². The number of carbonyl (C=O) groups is 1. The number of fused-ring (bicyclic) bond motifs is 1. The molecular formula is C23H28F2N2O3. The highest BCUT2D eigenvalue weighted by molar-refractivity contribution is 5.73. The van der Waals surface area contributed by atoms with Crippen molar-refractivity contribution in [2.75, 3.05) is 13.2 Å². The van der Waals surface area contributed by atoms with Crippen LogP contribution in [0.25, 0.3) is 0 Å². The molecule has 1 unspecified atom stereocenters. The largest absolute Gasteiger partial charge is 0.493 e. The van der Waals surface area contributed by atoms with E-state index in [0.717, 1.165) is 30.2 Å². The van der Waals surface area contributed by atoms with Gasteiger partial charge in [0.25, 0.3) is 0 Å². The summed E-state index contributed by atoms with van der Waals surface area (Å²) in [6.07, 6.45) is 0.840. The molecule has 1 aliphatic rings. The van der Waals surface area contributed by atoms with Crippen LogP contribution in [0.15, 0.2) is 36.4 Å². The lowest BCUT2D eigenvalue weighted by atomic mass is 9.96. The monoisotopic (exact) mass is 418 g/mol. The summed E-state index contributed by atoms with van der Waals surface area (Å²) in [6, 6.07) is 8.66. The van der Waals surface area contributed by atoms with Crippen LogP contribution in [0.3, 0.4) is 0 Å². The van der Waals surface area contributed by atoms with E-state index in [1.165, 1.54) is 24.6 Å². The first-order chi connectivity index (χ1) is 14.4. The maximum atomic E-state index is 13.5. The number of aliphatic hydroxyl groups excluding tert-OH is 1.